The normalized spacial score (nSPS) is 9.80. The molecule has 0 saturated heterocycles. The summed E-state index contributed by atoms with van der Waals surface area (Å²) < 4.78 is 0. The van der Waals surface area contributed by atoms with Crippen LogP contribution in [0, 0.1) is 6.92 Å². The Kier molecular flexibility index (Phi) is 2.63. The minimum Gasteiger partial charge on any atom is -0.293 e. The summed E-state index contributed by atoms with van der Waals surface area (Å²) in [5.41, 5.74) is 1.93. The second-order valence-electron chi connectivity index (χ2n) is 2.03. The molecule has 0 atom stereocenters. The minimum atomic E-state index is 0.166. The quantitative estimate of drug-likeness (QED) is 0.552. The number of thiophene rings is 1. The van der Waals surface area contributed by atoms with E-state index in [1.165, 1.54) is 0 Å². The second kappa shape index (κ2) is 3.30. The molecule has 0 radical (unpaired) electrons. The molecule has 0 aliphatic heterocycles. The van der Waals surface area contributed by atoms with Crippen LogP contribution in [-0.2, 0) is 0 Å². The van der Waals surface area contributed by atoms with E-state index < -0.39 is 0 Å². The van der Waals surface area contributed by atoms with Crippen molar-refractivity contribution >= 4 is 33.0 Å². The molecule has 0 unspecified atom stereocenters. The summed E-state index contributed by atoms with van der Waals surface area (Å²) in [5.74, 6) is 0.166. The van der Waals surface area contributed by atoms with Crippen LogP contribution in [-0.4, -0.2) is 11.1 Å². The van der Waals surface area contributed by atoms with Gasteiger partial charge in [-0.05, 0) is 17.9 Å². The zero-order valence-corrected chi connectivity index (χ0v) is 7.96. The third kappa shape index (κ3) is 1.47. The van der Waals surface area contributed by atoms with Crippen LogP contribution in [0.3, 0.4) is 0 Å². The van der Waals surface area contributed by atoms with Crippen molar-refractivity contribution in [3.05, 3.63) is 21.9 Å². The maximum absolute atomic E-state index is 11.1. The molecule has 3 heteroatoms. The van der Waals surface area contributed by atoms with Gasteiger partial charge in [-0.25, -0.2) is 0 Å². The van der Waals surface area contributed by atoms with Gasteiger partial charge in [0.25, 0.3) is 0 Å². The molecule has 0 aliphatic carbocycles. The van der Waals surface area contributed by atoms with Crippen molar-refractivity contribution in [1.82, 2.24) is 0 Å². The van der Waals surface area contributed by atoms with Crippen LogP contribution < -0.4 is 0 Å². The molecule has 0 fully saturated rings. The average Bonchev–Trinajstić information content (AvgIpc) is 2.34. The third-order valence-corrected chi connectivity index (χ3v) is 2.65. The SMILES string of the molecule is Cc1cscc1C(=O)CBr. The van der Waals surface area contributed by atoms with Gasteiger partial charge in [0.05, 0.1) is 5.33 Å². The summed E-state index contributed by atoms with van der Waals surface area (Å²) in [7, 11) is 0. The molecule has 1 heterocycles. The molecule has 1 rings (SSSR count). The Morgan fingerprint density at radius 3 is 2.80 bits per heavy atom. The van der Waals surface area contributed by atoms with E-state index in [0.29, 0.717) is 5.33 Å². The lowest BCUT2D eigenvalue weighted by Gasteiger charge is -1.91. The van der Waals surface area contributed by atoms with E-state index >= 15 is 0 Å². The van der Waals surface area contributed by atoms with E-state index in [9.17, 15) is 4.79 Å². The Balaban J connectivity index is 2.93. The summed E-state index contributed by atoms with van der Waals surface area (Å²) in [6, 6.07) is 0. The van der Waals surface area contributed by atoms with Gasteiger partial charge in [0.2, 0.25) is 0 Å². The molecule has 1 aromatic rings. The van der Waals surface area contributed by atoms with Crippen molar-refractivity contribution in [3.63, 3.8) is 0 Å². The summed E-state index contributed by atoms with van der Waals surface area (Å²) in [5, 5.41) is 4.29. The number of halogens is 1. The van der Waals surface area contributed by atoms with Gasteiger partial charge < -0.3 is 0 Å². The van der Waals surface area contributed by atoms with Crippen LogP contribution >= 0.6 is 27.3 Å². The highest BCUT2D eigenvalue weighted by atomic mass is 79.9. The highest BCUT2D eigenvalue weighted by Crippen LogP contribution is 2.14. The van der Waals surface area contributed by atoms with Crippen LogP contribution in [0.4, 0.5) is 0 Å². The molecule has 0 aromatic carbocycles. The van der Waals surface area contributed by atoms with Crippen molar-refractivity contribution in [1.29, 1.82) is 0 Å². The number of aryl methyl sites for hydroxylation is 1. The molecular weight excluding hydrogens is 212 g/mol. The van der Waals surface area contributed by atoms with E-state index in [1.807, 2.05) is 17.7 Å². The van der Waals surface area contributed by atoms with Crippen LogP contribution in [0.5, 0.6) is 0 Å². The van der Waals surface area contributed by atoms with Crippen molar-refractivity contribution < 1.29 is 4.79 Å². The average molecular weight is 219 g/mol. The fraction of sp³-hybridized carbons (Fsp3) is 0.286. The van der Waals surface area contributed by atoms with Gasteiger partial charge in [-0.2, -0.15) is 11.3 Å². The van der Waals surface area contributed by atoms with Gasteiger partial charge in [-0.1, -0.05) is 15.9 Å². The molecule has 0 amide bonds. The highest BCUT2D eigenvalue weighted by molar-refractivity contribution is 9.09. The summed E-state index contributed by atoms with van der Waals surface area (Å²) in [6.07, 6.45) is 0. The number of carbonyl (C=O) groups is 1. The number of carbonyl (C=O) groups excluding carboxylic acids is 1. The maximum Gasteiger partial charge on any atom is 0.174 e. The number of hydrogen-bond acceptors (Lipinski definition) is 2. The van der Waals surface area contributed by atoms with E-state index in [2.05, 4.69) is 15.9 Å². The van der Waals surface area contributed by atoms with Gasteiger partial charge in [-0.3, -0.25) is 4.79 Å². The van der Waals surface area contributed by atoms with E-state index in [-0.39, 0.29) is 5.78 Å². The van der Waals surface area contributed by atoms with Gasteiger partial charge >= 0.3 is 0 Å². The highest BCUT2D eigenvalue weighted by Gasteiger charge is 2.06. The molecular formula is C7H7BrOS. The van der Waals surface area contributed by atoms with E-state index in [4.69, 9.17) is 0 Å². The molecule has 1 aromatic heterocycles. The first-order chi connectivity index (χ1) is 4.75. The molecule has 0 N–H and O–H groups in total. The third-order valence-electron chi connectivity index (χ3n) is 1.28. The van der Waals surface area contributed by atoms with Gasteiger partial charge in [-0.15, -0.1) is 0 Å². The molecule has 1 nitrogen and oxygen atoms in total. The number of ketones is 1. The smallest absolute Gasteiger partial charge is 0.174 e. The number of hydrogen-bond donors (Lipinski definition) is 0. The molecule has 0 saturated carbocycles. The van der Waals surface area contributed by atoms with Crippen molar-refractivity contribution in [2.24, 2.45) is 0 Å². The first kappa shape index (κ1) is 7.95. The van der Waals surface area contributed by atoms with Crippen LogP contribution in [0.25, 0.3) is 0 Å². The van der Waals surface area contributed by atoms with Crippen molar-refractivity contribution in [3.8, 4) is 0 Å². The fourth-order valence-corrected chi connectivity index (χ4v) is 1.87. The van der Waals surface area contributed by atoms with Crippen LogP contribution in [0.15, 0.2) is 10.8 Å². The second-order valence-corrected chi connectivity index (χ2v) is 3.33. The maximum atomic E-state index is 11.1. The summed E-state index contributed by atoms with van der Waals surface area (Å²) in [6.45, 7) is 1.95. The monoisotopic (exact) mass is 218 g/mol. The molecule has 54 valence electrons. The molecule has 0 bridgehead atoms. The first-order valence-electron chi connectivity index (χ1n) is 2.87. The lowest BCUT2D eigenvalue weighted by atomic mass is 10.2. The summed E-state index contributed by atoms with van der Waals surface area (Å²) in [4.78, 5) is 11.1. The zero-order chi connectivity index (χ0) is 7.56. The lowest BCUT2D eigenvalue weighted by molar-refractivity contribution is 0.102. The Morgan fingerprint density at radius 2 is 2.40 bits per heavy atom. The largest absolute Gasteiger partial charge is 0.293 e. The number of rotatable bonds is 2. The van der Waals surface area contributed by atoms with Crippen LogP contribution in [0.2, 0.25) is 0 Å². The number of alkyl halides is 1. The minimum absolute atomic E-state index is 0.166. The predicted octanol–water partition coefficient (Wildman–Crippen LogP) is 2.63. The number of Topliss-reactive ketones (excluding diaryl/α,β-unsaturated/α-hetero) is 1. The first-order valence-corrected chi connectivity index (χ1v) is 4.94. The van der Waals surface area contributed by atoms with Crippen LogP contribution in [0.1, 0.15) is 15.9 Å². The lowest BCUT2D eigenvalue weighted by Crippen LogP contribution is -1.98. The van der Waals surface area contributed by atoms with E-state index in [1.54, 1.807) is 11.3 Å². The zero-order valence-electron chi connectivity index (χ0n) is 5.56. The molecule has 0 aliphatic rings. The summed E-state index contributed by atoms with van der Waals surface area (Å²) >= 11 is 4.69. The Morgan fingerprint density at radius 1 is 1.70 bits per heavy atom. The predicted molar refractivity (Wildman–Crippen MR) is 47.2 cm³/mol. The Bertz CT molecular complexity index is 242. The fourth-order valence-electron chi connectivity index (χ4n) is 0.718. The van der Waals surface area contributed by atoms with E-state index in [0.717, 1.165) is 11.1 Å². The topological polar surface area (TPSA) is 17.1 Å². The van der Waals surface area contributed by atoms with Gasteiger partial charge in [0.15, 0.2) is 5.78 Å². The van der Waals surface area contributed by atoms with Crippen molar-refractivity contribution in [2.45, 2.75) is 6.92 Å². The molecule has 10 heavy (non-hydrogen) atoms. The van der Waals surface area contributed by atoms with Gasteiger partial charge in [0.1, 0.15) is 0 Å². The van der Waals surface area contributed by atoms with Gasteiger partial charge in [0, 0.05) is 10.9 Å². The Labute approximate surface area is 72.2 Å². The van der Waals surface area contributed by atoms with Crippen molar-refractivity contribution in [2.75, 3.05) is 5.33 Å². The Hall–Kier alpha value is -0.150. The standard InChI is InChI=1S/C7H7BrOS/c1-5-3-10-4-6(5)7(9)2-8/h3-4H,2H2,1H3. The molecule has 0 spiro atoms.